The van der Waals surface area contributed by atoms with Crippen molar-refractivity contribution in [3.05, 3.63) is 65.7 Å². The molecule has 2 N–H and O–H groups in total. The minimum absolute atomic E-state index is 0.0544. The van der Waals surface area contributed by atoms with Gasteiger partial charge in [-0.3, -0.25) is 4.79 Å². The van der Waals surface area contributed by atoms with Gasteiger partial charge in [-0.25, -0.2) is 0 Å². The van der Waals surface area contributed by atoms with E-state index in [-0.39, 0.29) is 12.5 Å². The Morgan fingerprint density at radius 3 is 2.67 bits per heavy atom. The number of hydrogen-bond donors (Lipinski definition) is 2. The second-order valence-corrected chi connectivity index (χ2v) is 7.05. The first-order valence-corrected chi connectivity index (χ1v) is 9.63. The highest BCUT2D eigenvalue weighted by molar-refractivity contribution is 5.94. The van der Waals surface area contributed by atoms with Crippen molar-refractivity contribution in [2.24, 2.45) is 5.92 Å². The van der Waals surface area contributed by atoms with Crippen LogP contribution < -0.4 is 10.1 Å². The molecule has 1 heterocycles. The lowest BCUT2D eigenvalue weighted by Gasteiger charge is -2.31. The Labute approximate surface area is 161 Å². The Morgan fingerprint density at radius 2 is 1.93 bits per heavy atom. The molecule has 5 nitrogen and oxygen atoms in total. The third-order valence-corrected chi connectivity index (χ3v) is 4.94. The van der Waals surface area contributed by atoms with Crippen molar-refractivity contribution in [1.29, 1.82) is 0 Å². The summed E-state index contributed by atoms with van der Waals surface area (Å²) in [7, 11) is 0. The van der Waals surface area contributed by atoms with Crippen molar-refractivity contribution in [2.75, 3.05) is 32.8 Å². The molecule has 27 heavy (non-hydrogen) atoms. The summed E-state index contributed by atoms with van der Waals surface area (Å²) in [6, 6.07) is 17.2. The summed E-state index contributed by atoms with van der Waals surface area (Å²) < 4.78 is 5.72. The molecule has 2 aromatic carbocycles. The number of aliphatic hydroxyl groups excluding tert-OH is 1. The van der Waals surface area contributed by atoms with Crippen LogP contribution in [0.15, 0.2) is 54.6 Å². The van der Waals surface area contributed by atoms with Crippen LogP contribution >= 0.6 is 0 Å². The molecule has 5 heteroatoms. The Hall–Kier alpha value is -2.37. The summed E-state index contributed by atoms with van der Waals surface area (Å²) in [5.74, 6) is 1.15. The number of nitrogens with zero attached hydrogens (tertiary/aromatic N) is 1. The van der Waals surface area contributed by atoms with Crippen LogP contribution in [0.3, 0.4) is 0 Å². The minimum atomic E-state index is -0.0544. The van der Waals surface area contributed by atoms with Gasteiger partial charge in [0, 0.05) is 31.8 Å². The number of piperidine rings is 1. The van der Waals surface area contributed by atoms with E-state index in [0.29, 0.717) is 24.6 Å². The van der Waals surface area contributed by atoms with E-state index in [1.165, 1.54) is 0 Å². The Balaban J connectivity index is 1.41. The Morgan fingerprint density at radius 1 is 1.15 bits per heavy atom. The van der Waals surface area contributed by atoms with E-state index in [1.807, 2.05) is 54.6 Å². The number of hydrogen-bond acceptors (Lipinski definition) is 4. The smallest absolute Gasteiger partial charge is 0.251 e. The number of amides is 1. The van der Waals surface area contributed by atoms with Crippen LogP contribution in [0.25, 0.3) is 0 Å². The maximum atomic E-state index is 12.3. The van der Waals surface area contributed by atoms with E-state index in [0.717, 1.165) is 43.8 Å². The number of aliphatic hydroxyl groups is 1. The molecule has 1 saturated heterocycles. The van der Waals surface area contributed by atoms with Crippen LogP contribution in [0.5, 0.6) is 5.75 Å². The molecule has 0 saturated carbocycles. The zero-order valence-electron chi connectivity index (χ0n) is 15.6. The van der Waals surface area contributed by atoms with Gasteiger partial charge in [0.05, 0.1) is 0 Å². The quantitative estimate of drug-likeness (QED) is 0.752. The lowest BCUT2D eigenvalue weighted by molar-refractivity contribution is 0.0930. The number of rotatable bonds is 8. The normalized spacial score (nSPS) is 17.4. The van der Waals surface area contributed by atoms with Gasteiger partial charge in [-0.2, -0.15) is 0 Å². The van der Waals surface area contributed by atoms with Gasteiger partial charge in [0.25, 0.3) is 5.91 Å². The van der Waals surface area contributed by atoms with E-state index < -0.39 is 0 Å². The molecule has 1 amide bonds. The van der Waals surface area contributed by atoms with Gasteiger partial charge < -0.3 is 20.1 Å². The van der Waals surface area contributed by atoms with Crippen molar-refractivity contribution in [3.63, 3.8) is 0 Å². The van der Waals surface area contributed by atoms with Gasteiger partial charge in [0.1, 0.15) is 12.4 Å². The van der Waals surface area contributed by atoms with Crippen molar-refractivity contribution in [2.45, 2.75) is 19.4 Å². The lowest BCUT2D eigenvalue weighted by Crippen LogP contribution is -2.41. The number of carbonyl (C=O) groups excluding carboxylic acids is 1. The predicted molar refractivity (Wildman–Crippen MR) is 106 cm³/mol. The third-order valence-electron chi connectivity index (χ3n) is 4.94. The molecule has 0 spiro atoms. The molecule has 0 unspecified atom stereocenters. The van der Waals surface area contributed by atoms with Crippen LogP contribution in [0, 0.1) is 5.92 Å². The minimum Gasteiger partial charge on any atom is -0.489 e. The van der Waals surface area contributed by atoms with Gasteiger partial charge in [0.15, 0.2) is 0 Å². The number of carbonyl (C=O) groups is 1. The average molecular weight is 368 g/mol. The second kappa shape index (κ2) is 10.1. The zero-order chi connectivity index (χ0) is 18.9. The Kier molecular flexibility index (Phi) is 7.25. The van der Waals surface area contributed by atoms with Crippen LogP contribution in [0.1, 0.15) is 28.8 Å². The Bertz CT molecular complexity index is 703. The monoisotopic (exact) mass is 368 g/mol. The number of nitrogens with one attached hydrogen (secondary N) is 1. The first-order valence-electron chi connectivity index (χ1n) is 9.63. The molecule has 0 bridgehead atoms. The summed E-state index contributed by atoms with van der Waals surface area (Å²) in [4.78, 5) is 14.6. The van der Waals surface area contributed by atoms with Crippen LogP contribution in [0.2, 0.25) is 0 Å². The SMILES string of the molecule is O=C(NCCN1CCC[C@@H](CO)C1)c1ccc(COc2ccccc2)cc1. The van der Waals surface area contributed by atoms with Crippen molar-refractivity contribution >= 4 is 5.91 Å². The van der Waals surface area contributed by atoms with E-state index in [4.69, 9.17) is 4.74 Å². The standard InChI is InChI=1S/C22H28N2O3/c25-16-19-5-4-13-24(15-19)14-12-23-22(26)20-10-8-18(9-11-20)17-27-21-6-2-1-3-7-21/h1-3,6-11,19,25H,4-5,12-17H2,(H,23,26)/t19-/m1/s1. The molecule has 2 aromatic rings. The van der Waals surface area contributed by atoms with Gasteiger partial charge >= 0.3 is 0 Å². The fourth-order valence-electron chi connectivity index (χ4n) is 3.37. The molecular weight excluding hydrogens is 340 g/mol. The van der Waals surface area contributed by atoms with Gasteiger partial charge in [-0.1, -0.05) is 30.3 Å². The highest BCUT2D eigenvalue weighted by atomic mass is 16.5. The molecule has 1 aliphatic heterocycles. The molecule has 0 aromatic heterocycles. The average Bonchev–Trinajstić information content (AvgIpc) is 2.73. The van der Waals surface area contributed by atoms with E-state index in [2.05, 4.69) is 10.2 Å². The molecule has 3 rings (SSSR count). The first kappa shape index (κ1) is 19.4. The fraction of sp³-hybridized carbons (Fsp3) is 0.409. The summed E-state index contributed by atoms with van der Waals surface area (Å²) in [6.07, 6.45) is 2.21. The van der Waals surface area contributed by atoms with Crippen molar-refractivity contribution in [3.8, 4) is 5.75 Å². The summed E-state index contributed by atoms with van der Waals surface area (Å²) in [5, 5.41) is 12.3. The highest BCUT2D eigenvalue weighted by Crippen LogP contribution is 2.15. The van der Waals surface area contributed by atoms with E-state index in [9.17, 15) is 9.90 Å². The van der Waals surface area contributed by atoms with Gasteiger partial charge in [0.2, 0.25) is 0 Å². The van der Waals surface area contributed by atoms with Gasteiger partial charge in [-0.05, 0) is 55.1 Å². The molecule has 144 valence electrons. The summed E-state index contributed by atoms with van der Waals surface area (Å²) in [5.41, 5.74) is 1.68. The number of likely N-dealkylation sites (tertiary alicyclic amines) is 1. The van der Waals surface area contributed by atoms with Gasteiger partial charge in [-0.15, -0.1) is 0 Å². The van der Waals surface area contributed by atoms with Crippen molar-refractivity contribution in [1.82, 2.24) is 10.2 Å². The first-order chi connectivity index (χ1) is 13.2. The van der Waals surface area contributed by atoms with Crippen LogP contribution in [-0.2, 0) is 6.61 Å². The number of ether oxygens (including phenoxy) is 1. The highest BCUT2D eigenvalue weighted by Gasteiger charge is 2.18. The number of benzene rings is 2. The molecule has 1 atom stereocenters. The summed E-state index contributed by atoms with van der Waals surface area (Å²) in [6.45, 7) is 4.14. The van der Waals surface area contributed by atoms with E-state index in [1.54, 1.807) is 0 Å². The van der Waals surface area contributed by atoms with Crippen molar-refractivity contribution < 1.29 is 14.6 Å². The summed E-state index contributed by atoms with van der Waals surface area (Å²) >= 11 is 0. The molecule has 1 aliphatic rings. The van der Waals surface area contributed by atoms with Crippen LogP contribution in [0.4, 0.5) is 0 Å². The maximum absolute atomic E-state index is 12.3. The maximum Gasteiger partial charge on any atom is 0.251 e. The molecular formula is C22H28N2O3. The molecule has 1 fully saturated rings. The predicted octanol–water partition coefficient (Wildman–Crippen LogP) is 2.70. The number of para-hydroxylation sites is 1. The lowest BCUT2D eigenvalue weighted by atomic mass is 9.99. The van der Waals surface area contributed by atoms with E-state index >= 15 is 0 Å². The third kappa shape index (κ3) is 6.08. The largest absolute Gasteiger partial charge is 0.489 e. The molecule has 0 radical (unpaired) electrons. The zero-order valence-corrected chi connectivity index (χ0v) is 15.6. The molecule has 0 aliphatic carbocycles. The second-order valence-electron chi connectivity index (χ2n) is 7.05. The topological polar surface area (TPSA) is 61.8 Å². The van der Waals surface area contributed by atoms with Crippen LogP contribution in [-0.4, -0.2) is 48.7 Å². The fourth-order valence-corrected chi connectivity index (χ4v) is 3.37.